The van der Waals surface area contributed by atoms with E-state index in [4.69, 9.17) is 5.11 Å². The van der Waals surface area contributed by atoms with E-state index in [0.29, 0.717) is 16.7 Å². The van der Waals surface area contributed by atoms with Crippen LogP contribution in [-0.2, 0) is 16.1 Å². The van der Waals surface area contributed by atoms with E-state index in [2.05, 4.69) is 4.98 Å². The fourth-order valence-electron chi connectivity index (χ4n) is 1.79. The molecule has 98 valence electrons. The van der Waals surface area contributed by atoms with Gasteiger partial charge in [0.1, 0.15) is 5.69 Å². The smallest absolute Gasteiger partial charge is 0.354 e. The number of hydrogen-bond donors (Lipinski definition) is 1. The number of carbonyl (C=O) groups excluding carboxylic acids is 2. The van der Waals surface area contributed by atoms with Crippen molar-refractivity contribution in [3.8, 4) is 0 Å². The van der Waals surface area contributed by atoms with Crippen LogP contribution < -0.4 is 0 Å². The Labute approximate surface area is 109 Å². The lowest BCUT2D eigenvalue weighted by Gasteiger charge is -2.14. The number of carboxylic acid groups (broad SMARTS) is 1. The van der Waals surface area contributed by atoms with Gasteiger partial charge in [-0.3, -0.25) is 14.5 Å². The maximum atomic E-state index is 11.8. The molecule has 0 atom stereocenters. The molecule has 1 aliphatic heterocycles. The van der Waals surface area contributed by atoms with Crippen molar-refractivity contribution in [1.29, 1.82) is 0 Å². The lowest BCUT2D eigenvalue weighted by Crippen LogP contribution is -2.30. The quantitative estimate of drug-likeness (QED) is 0.819. The van der Waals surface area contributed by atoms with Crippen molar-refractivity contribution in [2.75, 3.05) is 0 Å². The summed E-state index contributed by atoms with van der Waals surface area (Å²) in [6.45, 7) is 3.32. The van der Waals surface area contributed by atoms with Crippen molar-refractivity contribution >= 4 is 17.8 Å². The Morgan fingerprint density at radius 1 is 1.21 bits per heavy atom. The molecular formula is C13H12N2O4. The van der Waals surface area contributed by atoms with Crippen LogP contribution in [0.15, 0.2) is 29.5 Å². The fourth-order valence-corrected chi connectivity index (χ4v) is 1.79. The number of hydrogen-bond acceptors (Lipinski definition) is 4. The molecule has 0 bridgehead atoms. The molecule has 2 heterocycles. The van der Waals surface area contributed by atoms with E-state index in [9.17, 15) is 14.4 Å². The van der Waals surface area contributed by atoms with Gasteiger partial charge in [-0.1, -0.05) is 6.07 Å². The number of carbonyl (C=O) groups is 3. The first-order chi connectivity index (χ1) is 8.91. The second kappa shape index (κ2) is 4.64. The third-order valence-corrected chi connectivity index (χ3v) is 3.08. The SMILES string of the molecule is CC1=C(C)C(=O)N(Cc2ccc(C(=O)O)nc2)C1=O. The standard InChI is InChI=1S/C13H12N2O4/c1-7-8(2)12(17)15(11(7)16)6-9-3-4-10(13(18)19)14-5-9/h3-5H,6H2,1-2H3,(H,18,19). The van der Waals surface area contributed by atoms with Crippen LogP contribution in [0.3, 0.4) is 0 Å². The Bertz CT molecular complexity index is 578. The summed E-state index contributed by atoms with van der Waals surface area (Å²) in [5.41, 5.74) is 1.42. The molecule has 1 aromatic rings. The molecule has 0 spiro atoms. The van der Waals surface area contributed by atoms with Crippen molar-refractivity contribution in [2.24, 2.45) is 0 Å². The molecule has 1 aliphatic rings. The van der Waals surface area contributed by atoms with E-state index in [-0.39, 0.29) is 24.1 Å². The van der Waals surface area contributed by atoms with E-state index in [1.54, 1.807) is 19.9 Å². The highest BCUT2D eigenvalue weighted by atomic mass is 16.4. The van der Waals surface area contributed by atoms with Gasteiger partial charge in [-0.05, 0) is 25.5 Å². The summed E-state index contributed by atoms with van der Waals surface area (Å²) in [5, 5.41) is 8.73. The first-order valence-electron chi connectivity index (χ1n) is 5.63. The Hall–Kier alpha value is -2.50. The highest BCUT2D eigenvalue weighted by Crippen LogP contribution is 2.21. The minimum absolute atomic E-state index is 0.0756. The summed E-state index contributed by atoms with van der Waals surface area (Å²) >= 11 is 0. The maximum absolute atomic E-state index is 11.8. The van der Waals surface area contributed by atoms with Gasteiger partial charge in [0, 0.05) is 17.3 Å². The first kappa shape index (κ1) is 12.9. The zero-order valence-electron chi connectivity index (χ0n) is 10.5. The number of imide groups is 1. The zero-order chi connectivity index (χ0) is 14.2. The topological polar surface area (TPSA) is 87.6 Å². The number of aromatic nitrogens is 1. The fraction of sp³-hybridized carbons (Fsp3) is 0.231. The van der Waals surface area contributed by atoms with Crippen LogP contribution in [0, 0.1) is 0 Å². The number of rotatable bonds is 3. The van der Waals surface area contributed by atoms with Crippen LogP contribution in [0.4, 0.5) is 0 Å². The summed E-state index contributed by atoms with van der Waals surface area (Å²) in [6, 6.07) is 2.88. The lowest BCUT2D eigenvalue weighted by atomic mass is 10.2. The van der Waals surface area contributed by atoms with Gasteiger partial charge in [0.2, 0.25) is 0 Å². The van der Waals surface area contributed by atoms with Gasteiger partial charge >= 0.3 is 5.97 Å². The molecule has 1 N–H and O–H groups in total. The summed E-state index contributed by atoms with van der Waals surface area (Å²) < 4.78 is 0. The van der Waals surface area contributed by atoms with Gasteiger partial charge in [-0.15, -0.1) is 0 Å². The molecule has 0 aliphatic carbocycles. The average molecular weight is 260 g/mol. The van der Waals surface area contributed by atoms with E-state index < -0.39 is 5.97 Å². The van der Waals surface area contributed by atoms with E-state index >= 15 is 0 Å². The number of aromatic carboxylic acids is 1. The van der Waals surface area contributed by atoms with Crippen LogP contribution in [-0.4, -0.2) is 32.8 Å². The zero-order valence-corrected chi connectivity index (χ0v) is 10.5. The highest BCUT2D eigenvalue weighted by molar-refractivity contribution is 6.18. The Balaban J connectivity index is 2.17. The number of pyridine rings is 1. The van der Waals surface area contributed by atoms with Crippen molar-refractivity contribution in [3.05, 3.63) is 40.7 Å². The van der Waals surface area contributed by atoms with E-state index in [1.165, 1.54) is 12.3 Å². The van der Waals surface area contributed by atoms with Gasteiger partial charge in [-0.25, -0.2) is 9.78 Å². The minimum Gasteiger partial charge on any atom is -0.477 e. The average Bonchev–Trinajstić information content (AvgIpc) is 2.57. The van der Waals surface area contributed by atoms with Crippen LogP contribution >= 0.6 is 0 Å². The van der Waals surface area contributed by atoms with Crippen molar-refractivity contribution in [1.82, 2.24) is 9.88 Å². The Morgan fingerprint density at radius 2 is 1.79 bits per heavy atom. The molecule has 0 fully saturated rings. The summed E-state index contributed by atoms with van der Waals surface area (Å²) in [6.07, 6.45) is 1.35. The van der Waals surface area contributed by atoms with Gasteiger partial charge in [0.05, 0.1) is 6.54 Å². The van der Waals surface area contributed by atoms with Crippen molar-refractivity contribution in [3.63, 3.8) is 0 Å². The van der Waals surface area contributed by atoms with Crippen LogP contribution in [0.2, 0.25) is 0 Å². The predicted molar refractivity (Wildman–Crippen MR) is 65.1 cm³/mol. The Kier molecular flexibility index (Phi) is 3.16. The lowest BCUT2D eigenvalue weighted by molar-refractivity contribution is -0.138. The minimum atomic E-state index is -1.12. The molecule has 2 amide bonds. The number of nitrogens with zero attached hydrogens (tertiary/aromatic N) is 2. The summed E-state index contributed by atoms with van der Waals surface area (Å²) in [7, 11) is 0. The monoisotopic (exact) mass is 260 g/mol. The predicted octanol–water partition coefficient (Wildman–Crippen LogP) is 0.985. The summed E-state index contributed by atoms with van der Waals surface area (Å²) in [4.78, 5) is 39.2. The second-order valence-corrected chi connectivity index (χ2v) is 4.30. The molecule has 0 unspecified atom stereocenters. The molecule has 2 rings (SSSR count). The second-order valence-electron chi connectivity index (χ2n) is 4.30. The molecular weight excluding hydrogens is 248 g/mol. The van der Waals surface area contributed by atoms with E-state index in [0.717, 1.165) is 4.90 Å². The molecule has 0 aromatic carbocycles. The highest BCUT2D eigenvalue weighted by Gasteiger charge is 2.33. The first-order valence-corrected chi connectivity index (χ1v) is 5.63. The molecule has 0 radical (unpaired) electrons. The van der Waals surface area contributed by atoms with Crippen molar-refractivity contribution < 1.29 is 19.5 Å². The summed E-state index contributed by atoms with van der Waals surface area (Å²) in [5.74, 6) is -1.75. The largest absolute Gasteiger partial charge is 0.477 e. The van der Waals surface area contributed by atoms with Gasteiger partial charge in [0.25, 0.3) is 11.8 Å². The third-order valence-electron chi connectivity index (χ3n) is 3.08. The molecule has 6 heteroatoms. The van der Waals surface area contributed by atoms with Crippen LogP contribution in [0.25, 0.3) is 0 Å². The van der Waals surface area contributed by atoms with E-state index in [1.807, 2.05) is 0 Å². The maximum Gasteiger partial charge on any atom is 0.354 e. The number of amides is 2. The van der Waals surface area contributed by atoms with Gasteiger partial charge in [-0.2, -0.15) is 0 Å². The number of carboxylic acids is 1. The normalized spacial score (nSPS) is 15.4. The third kappa shape index (κ3) is 2.24. The molecule has 6 nitrogen and oxygen atoms in total. The van der Waals surface area contributed by atoms with Crippen LogP contribution in [0.5, 0.6) is 0 Å². The Morgan fingerprint density at radius 3 is 2.21 bits per heavy atom. The molecule has 0 saturated carbocycles. The van der Waals surface area contributed by atoms with Gasteiger partial charge < -0.3 is 5.11 Å². The molecule has 1 aromatic heterocycles. The van der Waals surface area contributed by atoms with Crippen molar-refractivity contribution in [2.45, 2.75) is 20.4 Å². The van der Waals surface area contributed by atoms with Gasteiger partial charge in [0.15, 0.2) is 0 Å². The molecule has 0 saturated heterocycles. The molecule has 19 heavy (non-hydrogen) atoms. The van der Waals surface area contributed by atoms with Crippen LogP contribution in [0.1, 0.15) is 29.9 Å².